The molecule has 0 fully saturated rings. The Hall–Kier alpha value is -2.13. The number of aliphatic hydroxyl groups excluding tert-OH is 1. The Morgan fingerprint density at radius 1 is 1.18 bits per heavy atom. The Kier molecular flexibility index (Phi) is 3.99. The number of fused-ring (bicyclic) bond motifs is 1. The van der Waals surface area contributed by atoms with Gasteiger partial charge in [-0.2, -0.15) is 0 Å². The van der Waals surface area contributed by atoms with E-state index in [2.05, 4.69) is 12.2 Å². The molecule has 2 aromatic rings. The van der Waals surface area contributed by atoms with Crippen LogP contribution in [0.25, 0.3) is 0 Å². The SMILES string of the molecule is CCc1cc(C(O)c2cccc(C)c2)cc2c1NC(=O)CC2. The largest absolute Gasteiger partial charge is 0.384 e. The lowest BCUT2D eigenvalue weighted by Gasteiger charge is -2.23. The summed E-state index contributed by atoms with van der Waals surface area (Å²) in [5, 5.41) is 13.7. The molecule has 3 nitrogen and oxygen atoms in total. The molecule has 0 radical (unpaired) electrons. The van der Waals surface area contributed by atoms with E-state index in [1.165, 1.54) is 0 Å². The second-order valence-electron chi connectivity index (χ2n) is 5.93. The van der Waals surface area contributed by atoms with E-state index >= 15 is 0 Å². The van der Waals surface area contributed by atoms with Crippen molar-refractivity contribution in [3.63, 3.8) is 0 Å². The van der Waals surface area contributed by atoms with Crippen molar-refractivity contribution < 1.29 is 9.90 Å². The van der Waals surface area contributed by atoms with E-state index in [0.29, 0.717) is 6.42 Å². The molecule has 3 heteroatoms. The summed E-state index contributed by atoms with van der Waals surface area (Å²) in [7, 11) is 0. The van der Waals surface area contributed by atoms with Crippen LogP contribution in [-0.4, -0.2) is 11.0 Å². The monoisotopic (exact) mass is 295 g/mol. The number of nitrogens with one attached hydrogen (secondary N) is 1. The zero-order valence-electron chi connectivity index (χ0n) is 13.0. The normalized spacial score (nSPS) is 15.1. The Labute approximate surface area is 131 Å². The van der Waals surface area contributed by atoms with Crippen molar-refractivity contribution in [2.24, 2.45) is 0 Å². The smallest absolute Gasteiger partial charge is 0.224 e. The first kappa shape index (κ1) is 14.8. The second-order valence-corrected chi connectivity index (χ2v) is 5.93. The maximum Gasteiger partial charge on any atom is 0.224 e. The van der Waals surface area contributed by atoms with Crippen molar-refractivity contribution in [1.29, 1.82) is 0 Å². The third-order valence-electron chi connectivity index (χ3n) is 4.26. The topological polar surface area (TPSA) is 49.3 Å². The third-order valence-corrected chi connectivity index (χ3v) is 4.26. The third kappa shape index (κ3) is 2.77. The number of aliphatic hydroxyl groups is 1. The van der Waals surface area contributed by atoms with Gasteiger partial charge in [-0.15, -0.1) is 0 Å². The molecule has 22 heavy (non-hydrogen) atoms. The van der Waals surface area contributed by atoms with E-state index in [0.717, 1.165) is 46.3 Å². The van der Waals surface area contributed by atoms with Gasteiger partial charge in [0.1, 0.15) is 6.10 Å². The van der Waals surface area contributed by atoms with Gasteiger partial charge in [0.2, 0.25) is 5.91 Å². The predicted octanol–water partition coefficient (Wildman–Crippen LogP) is 3.52. The lowest BCUT2D eigenvalue weighted by molar-refractivity contribution is -0.116. The number of rotatable bonds is 3. The Balaban J connectivity index is 2.03. The molecule has 1 unspecified atom stereocenters. The fraction of sp³-hybridized carbons (Fsp3) is 0.316. The van der Waals surface area contributed by atoms with Crippen LogP contribution in [0.1, 0.15) is 47.3 Å². The Morgan fingerprint density at radius 2 is 2.00 bits per heavy atom. The van der Waals surface area contributed by atoms with Crippen LogP contribution in [0.3, 0.4) is 0 Å². The number of aryl methyl sites for hydroxylation is 3. The number of carbonyl (C=O) groups is 1. The highest BCUT2D eigenvalue weighted by molar-refractivity contribution is 5.95. The molecule has 3 rings (SSSR count). The molecule has 2 N–H and O–H groups in total. The molecule has 0 aliphatic carbocycles. The minimum absolute atomic E-state index is 0.0779. The highest BCUT2D eigenvalue weighted by Gasteiger charge is 2.21. The molecular formula is C19H21NO2. The van der Waals surface area contributed by atoms with Gasteiger partial charge in [-0.1, -0.05) is 48.9 Å². The number of benzene rings is 2. The van der Waals surface area contributed by atoms with Crippen LogP contribution >= 0.6 is 0 Å². The molecule has 1 aliphatic rings. The lowest BCUT2D eigenvalue weighted by Crippen LogP contribution is -2.21. The molecule has 0 saturated heterocycles. The van der Waals surface area contributed by atoms with E-state index < -0.39 is 6.10 Å². The fourth-order valence-electron chi connectivity index (χ4n) is 3.07. The van der Waals surface area contributed by atoms with Gasteiger partial charge in [0, 0.05) is 12.1 Å². The maximum atomic E-state index is 11.6. The summed E-state index contributed by atoms with van der Waals surface area (Å²) < 4.78 is 0. The van der Waals surface area contributed by atoms with Crippen molar-refractivity contribution in [2.45, 2.75) is 39.2 Å². The van der Waals surface area contributed by atoms with Gasteiger partial charge in [-0.25, -0.2) is 0 Å². The molecule has 1 heterocycles. The van der Waals surface area contributed by atoms with Gasteiger partial charge < -0.3 is 10.4 Å². The summed E-state index contributed by atoms with van der Waals surface area (Å²) in [6, 6.07) is 12.0. The predicted molar refractivity (Wildman–Crippen MR) is 88.0 cm³/mol. The number of anilines is 1. The number of carbonyl (C=O) groups excluding carboxylic acids is 1. The molecule has 1 aliphatic heterocycles. The van der Waals surface area contributed by atoms with Crippen molar-refractivity contribution in [2.75, 3.05) is 5.32 Å². The van der Waals surface area contributed by atoms with Crippen molar-refractivity contribution >= 4 is 11.6 Å². The number of amides is 1. The molecule has 1 amide bonds. The van der Waals surface area contributed by atoms with Crippen LogP contribution in [0.15, 0.2) is 36.4 Å². The van der Waals surface area contributed by atoms with E-state index in [-0.39, 0.29) is 5.91 Å². The summed E-state index contributed by atoms with van der Waals surface area (Å²) in [5.41, 5.74) is 6.10. The molecular weight excluding hydrogens is 274 g/mol. The minimum Gasteiger partial charge on any atom is -0.384 e. The molecule has 114 valence electrons. The zero-order chi connectivity index (χ0) is 15.7. The Morgan fingerprint density at radius 3 is 2.73 bits per heavy atom. The van der Waals surface area contributed by atoms with Gasteiger partial charge in [0.05, 0.1) is 0 Å². The molecule has 2 aromatic carbocycles. The number of hydrogen-bond donors (Lipinski definition) is 2. The van der Waals surface area contributed by atoms with Gasteiger partial charge >= 0.3 is 0 Å². The Bertz CT molecular complexity index is 704. The van der Waals surface area contributed by atoms with Crippen molar-refractivity contribution in [3.8, 4) is 0 Å². The summed E-state index contributed by atoms with van der Waals surface area (Å²) in [5.74, 6) is 0.0779. The highest BCUT2D eigenvalue weighted by atomic mass is 16.3. The van der Waals surface area contributed by atoms with Crippen LogP contribution in [0.4, 0.5) is 5.69 Å². The van der Waals surface area contributed by atoms with Crippen LogP contribution in [0.5, 0.6) is 0 Å². The van der Waals surface area contributed by atoms with E-state index in [4.69, 9.17) is 0 Å². The van der Waals surface area contributed by atoms with Gasteiger partial charge in [0.15, 0.2) is 0 Å². The minimum atomic E-state index is -0.631. The first-order chi connectivity index (χ1) is 10.6. The van der Waals surface area contributed by atoms with Gasteiger partial charge in [0.25, 0.3) is 0 Å². The van der Waals surface area contributed by atoms with Crippen LogP contribution in [0.2, 0.25) is 0 Å². The van der Waals surface area contributed by atoms with E-state index in [9.17, 15) is 9.90 Å². The summed E-state index contributed by atoms with van der Waals surface area (Å²) >= 11 is 0. The summed E-state index contributed by atoms with van der Waals surface area (Å²) in [4.78, 5) is 11.6. The second kappa shape index (κ2) is 5.93. The first-order valence-corrected chi connectivity index (χ1v) is 7.78. The van der Waals surface area contributed by atoms with Crippen LogP contribution in [-0.2, 0) is 17.6 Å². The maximum absolute atomic E-state index is 11.6. The van der Waals surface area contributed by atoms with Crippen LogP contribution in [0, 0.1) is 6.92 Å². The lowest BCUT2D eigenvalue weighted by atomic mass is 9.91. The van der Waals surface area contributed by atoms with E-state index in [1.54, 1.807) is 0 Å². The molecule has 1 atom stereocenters. The summed E-state index contributed by atoms with van der Waals surface area (Å²) in [6.07, 6.45) is 1.45. The number of hydrogen-bond acceptors (Lipinski definition) is 2. The van der Waals surface area contributed by atoms with Crippen molar-refractivity contribution in [3.05, 3.63) is 64.2 Å². The fourth-order valence-corrected chi connectivity index (χ4v) is 3.07. The molecule has 0 bridgehead atoms. The molecule has 0 spiro atoms. The summed E-state index contributed by atoms with van der Waals surface area (Å²) in [6.45, 7) is 4.09. The quantitative estimate of drug-likeness (QED) is 0.910. The van der Waals surface area contributed by atoms with Crippen molar-refractivity contribution in [1.82, 2.24) is 0 Å². The average Bonchev–Trinajstić information content (AvgIpc) is 2.53. The molecule has 0 aromatic heterocycles. The van der Waals surface area contributed by atoms with E-state index in [1.807, 2.05) is 43.3 Å². The van der Waals surface area contributed by atoms with Gasteiger partial charge in [-0.05, 0) is 42.0 Å². The highest BCUT2D eigenvalue weighted by Crippen LogP contribution is 2.33. The standard InChI is InChI=1S/C19H21NO2/c1-3-13-10-16(11-14-7-8-17(21)20-18(13)14)19(22)15-6-4-5-12(2)9-15/h4-6,9-11,19,22H,3,7-8H2,1-2H3,(H,20,21). The van der Waals surface area contributed by atoms with Gasteiger partial charge in [-0.3, -0.25) is 4.79 Å². The zero-order valence-corrected chi connectivity index (χ0v) is 13.0. The average molecular weight is 295 g/mol. The first-order valence-electron chi connectivity index (χ1n) is 7.78. The molecule has 0 saturated carbocycles. The van der Waals surface area contributed by atoms with Crippen LogP contribution < -0.4 is 5.32 Å².